The molecule has 3 unspecified atom stereocenters. The van der Waals surface area contributed by atoms with Crippen LogP contribution >= 0.6 is 0 Å². The zero-order valence-corrected chi connectivity index (χ0v) is 11.4. The van der Waals surface area contributed by atoms with Crippen LogP contribution in [0.5, 0.6) is 0 Å². The third-order valence-corrected chi connectivity index (χ3v) is 5.76. The lowest BCUT2D eigenvalue weighted by Gasteiger charge is -2.51. The number of likely N-dealkylation sites (tertiary alicyclic amines) is 1. The number of nitrogens with two attached hydrogens (primary N) is 1. The van der Waals surface area contributed by atoms with Crippen molar-refractivity contribution in [2.24, 2.45) is 5.73 Å². The summed E-state index contributed by atoms with van der Waals surface area (Å²) in [6.07, 6.45) is 8.14. The zero-order valence-electron chi connectivity index (χ0n) is 11.4. The maximum Gasteiger partial charge on any atom is 0.0364 e. The van der Waals surface area contributed by atoms with Gasteiger partial charge in [-0.05, 0) is 59.0 Å². The molecule has 0 aromatic heterocycles. The Balaban J connectivity index is 1.83. The first-order valence-corrected chi connectivity index (χ1v) is 7.35. The number of rotatable bonds is 2. The Kier molecular flexibility index (Phi) is 2.96. The first-order chi connectivity index (χ1) is 8.16. The monoisotopic (exact) mass is 237 g/mol. The van der Waals surface area contributed by atoms with Crippen molar-refractivity contribution < 1.29 is 0 Å². The van der Waals surface area contributed by atoms with Crippen molar-refractivity contribution in [2.45, 2.75) is 69.1 Å². The summed E-state index contributed by atoms with van der Waals surface area (Å²) in [6.45, 7) is 4.53. The van der Waals surface area contributed by atoms with Crippen LogP contribution in [0.3, 0.4) is 0 Å². The van der Waals surface area contributed by atoms with Gasteiger partial charge in [0.15, 0.2) is 0 Å². The van der Waals surface area contributed by atoms with Gasteiger partial charge in [0.25, 0.3) is 0 Å². The molecule has 2 N–H and O–H groups in total. The molecule has 0 spiro atoms. The highest BCUT2D eigenvalue weighted by atomic mass is 15.3. The Hall–Kier alpha value is -0.120. The maximum atomic E-state index is 6.22. The average Bonchev–Trinajstić information content (AvgIpc) is 2.82. The van der Waals surface area contributed by atoms with Crippen molar-refractivity contribution in [1.82, 2.24) is 9.80 Å². The van der Waals surface area contributed by atoms with E-state index < -0.39 is 0 Å². The normalized spacial score (nSPS) is 47.8. The molecule has 0 amide bonds. The molecule has 0 aromatic carbocycles. The highest BCUT2D eigenvalue weighted by Gasteiger charge is 2.50. The largest absolute Gasteiger partial charge is 0.329 e. The minimum absolute atomic E-state index is 0.328. The molecule has 3 rings (SSSR count). The van der Waals surface area contributed by atoms with Gasteiger partial charge in [0.2, 0.25) is 0 Å². The second-order valence-corrected chi connectivity index (χ2v) is 6.57. The predicted molar refractivity (Wildman–Crippen MR) is 71.0 cm³/mol. The molecule has 3 aliphatic rings. The molecule has 0 aliphatic carbocycles. The predicted octanol–water partition coefficient (Wildman–Crippen LogP) is 1.42. The standard InChI is InChI=1S/C14H27N3/c1-11-4-3-7-17(11)14(10-15)8-12-5-6-13(9-14)16(12)2/h11-13H,3-10,15H2,1-2H3. The van der Waals surface area contributed by atoms with E-state index in [1.807, 2.05) is 0 Å². The van der Waals surface area contributed by atoms with Crippen LogP contribution < -0.4 is 5.73 Å². The van der Waals surface area contributed by atoms with Crippen molar-refractivity contribution in [3.8, 4) is 0 Å². The van der Waals surface area contributed by atoms with Crippen molar-refractivity contribution in [3.05, 3.63) is 0 Å². The number of fused-ring (bicyclic) bond motifs is 2. The summed E-state index contributed by atoms with van der Waals surface area (Å²) < 4.78 is 0. The second-order valence-electron chi connectivity index (χ2n) is 6.57. The molecule has 3 heteroatoms. The van der Waals surface area contributed by atoms with Crippen molar-refractivity contribution >= 4 is 0 Å². The molecule has 0 radical (unpaired) electrons. The minimum atomic E-state index is 0.328. The summed E-state index contributed by atoms with van der Waals surface area (Å²) >= 11 is 0. The molecule has 3 aliphatic heterocycles. The van der Waals surface area contributed by atoms with Gasteiger partial charge in [-0.15, -0.1) is 0 Å². The molecule has 0 aromatic rings. The van der Waals surface area contributed by atoms with E-state index in [1.54, 1.807) is 0 Å². The van der Waals surface area contributed by atoms with Gasteiger partial charge in [-0.25, -0.2) is 0 Å². The van der Waals surface area contributed by atoms with Crippen LogP contribution in [0.15, 0.2) is 0 Å². The van der Waals surface area contributed by atoms with E-state index in [4.69, 9.17) is 5.73 Å². The van der Waals surface area contributed by atoms with Crippen molar-refractivity contribution in [3.63, 3.8) is 0 Å². The minimum Gasteiger partial charge on any atom is -0.329 e. The van der Waals surface area contributed by atoms with Crippen LogP contribution in [0.1, 0.15) is 45.4 Å². The second kappa shape index (κ2) is 4.22. The highest BCUT2D eigenvalue weighted by Crippen LogP contribution is 2.44. The first-order valence-electron chi connectivity index (χ1n) is 7.35. The molecule has 3 saturated heterocycles. The van der Waals surface area contributed by atoms with Crippen LogP contribution in [0, 0.1) is 0 Å². The smallest absolute Gasteiger partial charge is 0.0364 e. The number of hydrogen-bond donors (Lipinski definition) is 1. The SMILES string of the molecule is CC1CCCN1C1(CN)CC2CCC(C1)N2C. The van der Waals surface area contributed by atoms with E-state index in [-0.39, 0.29) is 0 Å². The van der Waals surface area contributed by atoms with E-state index >= 15 is 0 Å². The van der Waals surface area contributed by atoms with Gasteiger partial charge >= 0.3 is 0 Å². The molecule has 17 heavy (non-hydrogen) atoms. The van der Waals surface area contributed by atoms with Gasteiger partial charge < -0.3 is 10.6 Å². The van der Waals surface area contributed by atoms with Crippen LogP contribution in [-0.2, 0) is 0 Å². The quantitative estimate of drug-likeness (QED) is 0.788. The first kappa shape index (κ1) is 11.9. The van der Waals surface area contributed by atoms with Crippen molar-refractivity contribution in [1.29, 1.82) is 0 Å². The summed E-state index contributed by atoms with van der Waals surface area (Å²) in [5.41, 5.74) is 6.55. The Morgan fingerprint density at radius 3 is 2.29 bits per heavy atom. The lowest BCUT2D eigenvalue weighted by molar-refractivity contribution is -0.00303. The summed E-state index contributed by atoms with van der Waals surface area (Å²) in [5, 5.41) is 0. The topological polar surface area (TPSA) is 32.5 Å². The summed E-state index contributed by atoms with van der Waals surface area (Å²) in [4.78, 5) is 5.37. The molecule has 2 bridgehead atoms. The summed E-state index contributed by atoms with van der Waals surface area (Å²) in [6, 6.07) is 2.34. The Labute approximate surface area is 105 Å². The number of hydrogen-bond acceptors (Lipinski definition) is 3. The van der Waals surface area contributed by atoms with Crippen LogP contribution in [0.4, 0.5) is 0 Å². The molecular formula is C14H27N3. The fourth-order valence-electron chi connectivity index (χ4n) is 4.70. The average molecular weight is 237 g/mol. The lowest BCUT2D eigenvalue weighted by atomic mass is 9.81. The molecule has 3 heterocycles. The highest BCUT2D eigenvalue weighted by molar-refractivity contribution is 5.08. The Morgan fingerprint density at radius 1 is 1.18 bits per heavy atom. The number of nitrogens with zero attached hydrogens (tertiary/aromatic N) is 2. The summed E-state index contributed by atoms with van der Waals surface area (Å²) in [7, 11) is 2.32. The van der Waals surface area contributed by atoms with Crippen molar-refractivity contribution in [2.75, 3.05) is 20.1 Å². The zero-order chi connectivity index (χ0) is 12.0. The van der Waals surface area contributed by atoms with E-state index in [0.29, 0.717) is 5.54 Å². The van der Waals surface area contributed by atoms with Gasteiger partial charge in [-0.3, -0.25) is 4.90 Å². The molecule has 3 atom stereocenters. The van der Waals surface area contributed by atoms with E-state index in [9.17, 15) is 0 Å². The van der Waals surface area contributed by atoms with Crippen LogP contribution in [0.25, 0.3) is 0 Å². The molecule has 0 saturated carbocycles. The van der Waals surface area contributed by atoms with Gasteiger partial charge in [0.1, 0.15) is 0 Å². The Bertz CT molecular complexity index is 277. The van der Waals surface area contributed by atoms with E-state index in [1.165, 1.54) is 45.1 Å². The number of piperidine rings is 1. The molecule has 3 fully saturated rings. The molecular weight excluding hydrogens is 210 g/mol. The third kappa shape index (κ3) is 1.74. The fourth-order valence-corrected chi connectivity index (χ4v) is 4.70. The molecule has 3 nitrogen and oxygen atoms in total. The van der Waals surface area contributed by atoms with Gasteiger partial charge in [-0.2, -0.15) is 0 Å². The Morgan fingerprint density at radius 2 is 1.82 bits per heavy atom. The van der Waals surface area contributed by atoms with E-state index in [2.05, 4.69) is 23.8 Å². The van der Waals surface area contributed by atoms with E-state index in [0.717, 1.165) is 24.7 Å². The fraction of sp³-hybridized carbons (Fsp3) is 1.00. The summed E-state index contributed by atoms with van der Waals surface area (Å²) in [5.74, 6) is 0. The lowest BCUT2D eigenvalue weighted by Crippen LogP contribution is -2.62. The van der Waals surface area contributed by atoms with Gasteiger partial charge in [-0.1, -0.05) is 0 Å². The molecule has 98 valence electrons. The van der Waals surface area contributed by atoms with Gasteiger partial charge in [0.05, 0.1) is 0 Å². The van der Waals surface area contributed by atoms with Crippen LogP contribution in [0.2, 0.25) is 0 Å². The van der Waals surface area contributed by atoms with Gasteiger partial charge in [0, 0.05) is 30.2 Å². The van der Waals surface area contributed by atoms with Crippen LogP contribution in [-0.4, -0.2) is 53.6 Å². The maximum absolute atomic E-state index is 6.22. The third-order valence-electron chi connectivity index (χ3n) is 5.76.